The molecule has 0 aliphatic heterocycles. The van der Waals surface area contributed by atoms with Gasteiger partial charge < -0.3 is 75.0 Å². The molecule has 0 amide bonds. The molecule has 0 saturated heterocycles. The minimum absolute atomic E-state index is 0.164. The first kappa shape index (κ1) is 80.5. The maximum atomic E-state index is 9.28. The third-order valence-electron chi connectivity index (χ3n) is 11.0. The molecule has 0 fully saturated rings. The number of anilines is 8. The third-order valence-corrected chi connectivity index (χ3v) is 11.0. The monoisotopic (exact) mass is 1310 g/mol. The smallest absolute Gasteiger partial charge is 0.296 e. The molecule has 25 nitrogen and oxygen atoms in total. The lowest BCUT2D eigenvalue weighted by molar-refractivity contribution is 0.135. The van der Waals surface area contributed by atoms with Crippen molar-refractivity contribution in [2.24, 2.45) is 0 Å². The zero-order chi connectivity index (χ0) is 71.3. The number of phenols is 3. The molecule has 8 aromatic carbocycles. The zero-order valence-electron chi connectivity index (χ0n) is 54.8. The quantitative estimate of drug-likeness (QED) is 0.0170. The molecule has 510 valence electrons. The number of benzene rings is 8. The van der Waals surface area contributed by atoms with E-state index in [9.17, 15) is 15.3 Å². The van der Waals surface area contributed by atoms with E-state index in [0.717, 1.165) is 50.7 Å². The maximum Gasteiger partial charge on any atom is 0.296 e. The summed E-state index contributed by atoms with van der Waals surface area (Å²) in [7, 11) is 3.19. The van der Waals surface area contributed by atoms with E-state index in [1.54, 1.807) is 71.4 Å². The molecule has 95 heavy (non-hydrogen) atoms. The second kappa shape index (κ2) is 45.7. The van der Waals surface area contributed by atoms with E-state index >= 15 is 0 Å². The van der Waals surface area contributed by atoms with Crippen LogP contribution in [0.3, 0.4) is 0 Å². The Morgan fingerprint density at radius 3 is 0.747 bits per heavy atom. The predicted molar refractivity (Wildman–Crippen MR) is 375 cm³/mol. The lowest BCUT2D eigenvalue weighted by atomic mass is 10.2. The number of aromatic hydroxyl groups is 3. The molecule has 0 bridgehead atoms. The third kappa shape index (κ3) is 40.7. The fourth-order valence-corrected chi connectivity index (χ4v) is 6.20. The normalized spacial score (nSPS) is 9.24. The van der Waals surface area contributed by atoms with Gasteiger partial charge >= 0.3 is 0 Å². The van der Waals surface area contributed by atoms with E-state index < -0.39 is 17.8 Å². The molecule has 0 radical (unpaired) electrons. The SMILES string of the molecule is C=C(O)ONc1ccc(C)c(O)c1.C=C(O)ONc1ccc(C)c(O)c1.C=C(O)ONc1ccc(C)cc1.C=C(O)ONc1ccc(C)cc1.C=C(O)ONc1ccc(O)c(C)c1.C=C(O)ONc1cccc(C)c1.CONc1ccc(C)cc1.CONc1ccc(C)cc1. The Labute approximate surface area is 554 Å². The van der Waals surface area contributed by atoms with E-state index in [1.165, 1.54) is 40.5 Å². The summed E-state index contributed by atoms with van der Waals surface area (Å²) in [4.78, 5) is 36.8. The summed E-state index contributed by atoms with van der Waals surface area (Å²) >= 11 is 0. The minimum atomic E-state index is -0.430. The van der Waals surface area contributed by atoms with E-state index in [2.05, 4.69) is 126 Å². The van der Waals surface area contributed by atoms with Crippen molar-refractivity contribution in [1.82, 2.24) is 0 Å². The maximum absolute atomic E-state index is 9.28. The van der Waals surface area contributed by atoms with Crippen LogP contribution in [0.2, 0.25) is 0 Å². The number of aliphatic hydroxyl groups excluding tert-OH is 6. The van der Waals surface area contributed by atoms with Gasteiger partial charge in [-0.15, -0.1) is 0 Å². The lowest BCUT2D eigenvalue weighted by Gasteiger charge is -2.07. The molecule has 0 unspecified atom stereocenters. The number of rotatable bonds is 22. The molecule has 0 heterocycles. The summed E-state index contributed by atoms with van der Waals surface area (Å²) < 4.78 is 0. The number of aryl methyl sites for hydroxylation is 8. The van der Waals surface area contributed by atoms with Crippen molar-refractivity contribution in [3.05, 3.63) is 296 Å². The molecular weight excluding hydrogens is 1220 g/mol. The van der Waals surface area contributed by atoms with Crippen LogP contribution in [0, 0.1) is 55.4 Å². The van der Waals surface area contributed by atoms with Crippen molar-refractivity contribution in [3.63, 3.8) is 0 Å². The van der Waals surface area contributed by atoms with Crippen molar-refractivity contribution in [2.75, 3.05) is 58.1 Å². The summed E-state index contributed by atoms with van der Waals surface area (Å²) in [6.07, 6.45) is 0. The molecule has 0 aromatic heterocycles. The lowest BCUT2D eigenvalue weighted by Crippen LogP contribution is -1.99. The molecule has 0 aliphatic rings. The highest BCUT2D eigenvalue weighted by molar-refractivity contribution is 5.52. The molecule has 0 saturated carbocycles. The summed E-state index contributed by atoms with van der Waals surface area (Å²) in [5, 5.41) is 79.3. The van der Waals surface area contributed by atoms with Crippen molar-refractivity contribution >= 4 is 45.5 Å². The first-order valence-electron chi connectivity index (χ1n) is 28.1. The highest BCUT2D eigenvalue weighted by Gasteiger charge is 2.02. The van der Waals surface area contributed by atoms with Gasteiger partial charge in [-0.2, -0.15) is 0 Å². The standard InChI is InChI=1S/3C9H11NO3.3C9H11NO2.2C8H11NO/c1-6-5-8(3-4-9(6)12)10-13-7(2)11;2*1-6-3-4-8(5-9(6)12)10-13-7(2)11;2*1-7-3-5-9(6-4-7)10-12-8(2)11;1-7-4-3-5-9(6-7)10-12-8(2)11;2*1-7-3-5-8(6-4-7)9-10-2/h3*3-5,10-12H,2H2,1H3;3*3-6,10-11H,2H2,1H3;2*3-6,9H,1-2H3. The average Bonchev–Trinajstić information content (AvgIpc) is 1.89. The van der Waals surface area contributed by atoms with Gasteiger partial charge in [-0.05, 0) is 208 Å². The second-order valence-corrected chi connectivity index (χ2v) is 19.5. The topological polar surface area (TPSA) is 352 Å². The summed E-state index contributed by atoms with van der Waals surface area (Å²) in [5.74, 6) is -1.78. The number of hydrogen-bond donors (Lipinski definition) is 17. The van der Waals surface area contributed by atoms with E-state index in [0.29, 0.717) is 17.1 Å². The zero-order valence-corrected chi connectivity index (χ0v) is 54.8. The van der Waals surface area contributed by atoms with Crippen LogP contribution < -0.4 is 43.8 Å². The summed E-state index contributed by atoms with van der Waals surface area (Å²) in [6.45, 7) is 34.2. The molecular formula is C70H88N8O17. The Morgan fingerprint density at radius 2 is 0.495 bits per heavy atom. The van der Waals surface area contributed by atoms with Crippen LogP contribution in [0.1, 0.15) is 44.5 Å². The number of hydrogen-bond acceptors (Lipinski definition) is 25. The Bertz CT molecular complexity index is 3310. The summed E-state index contributed by atoms with van der Waals surface area (Å²) in [5.41, 5.74) is 34.5. The molecule has 8 aromatic rings. The molecule has 0 atom stereocenters. The molecule has 8 rings (SSSR count). The Kier molecular flexibility index (Phi) is 38.8. The predicted octanol–water partition coefficient (Wildman–Crippen LogP) is 17.3. The van der Waals surface area contributed by atoms with Crippen LogP contribution in [-0.2, 0) is 38.7 Å². The van der Waals surface area contributed by atoms with Gasteiger partial charge in [-0.25, -0.2) is 32.9 Å². The van der Waals surface area contributed by atoms with Crippen LogP contribution >= 0.6 is 0 Å². The van der Waals surface area contributed by atoms with Gasteiger partial charge in [0.15, 0.2) is 0 Å². The first-order valence-corrected chi connectivity index (χ1v) is 28.1. The number of phenolic OH excluding ortho intramolecular Hbond substituents is 3. The minimum Gasteiger partial charge on any atom is -0.508 e. The van der Waals surface area contributed by atoms with Crippen LogP contribution in [0.25, 0.3) is 0 Å². The van der Waals surface area contributed by atoms with Crippen LogP contribution in [0.4, 0.5) is 45.5 Å². The van der Waals surface area contributed by atoms with Gasteiger partial charge in [0.1, 0.15) is 17.2 Å². The van der Waals surface area contributed by atoms with Gasteiger partial charge in [0.2, 0.25) is 0 Å². The van der Waals surface area contributed by atoms with Crippen LogP contribution in [0.5, 0.6) is 17.2 Å². The van der Waals surface area contributed by atoms with Crippen molar-refractivity contribution in [1.29, 1.82) is 0 Å². The molecule has 25 heteroatoms. The summed E-state index contributed by atoms with van der Waals surface area (Å²) in [6, 6.07) is 53.4. The Morgan fingerprint density at radius 1 is 0.253 bits per heavy atom. The Hall–Kier alpha value is -12.5. The Balaban J connectivity index is 0.000000544. The fraction of sp³-hybridized carbons (Fsp3) is 0.143. The van der Waals surface area contributed by atoms with Crippen LogP contribution in [0.15, 0.2) is 251 Å². The highest BCUT2D eigenvalue weighted by atomic mass is 16.7. The molecule has 0 spiro atoms. The van der Waals surface area contributed by atoms with Crippen molar-refractivity contribution in [3.8, 4) is 17.2 Å². The van der Waals surface area contributed by atoms with Gasteiger partial charge in [0, 0.05) is 12.1 Å². The average molecular weight is 1310 g/mol. The van der Waals surface area contributed by atoms with Crippen LogP contribution in [-0.4, -0.2) is 60.2 Å². The van der Waals surface area contributed by atoms with E-state index in [-0.39, 0.29) is 35.1 Å². The van der Waals surface area contributed by atoms with Gasteiger partial charge in [0.05, 0.1) is 59.7 Å². The first-order chi connectivity index (χ1) is 45.0. The van der Waals surface area contributed by atoms with Crippen molar-refractivity contribution in [2.45, 2.75) is 55.4 Å². The van der Waals surface area contributed by atoms with Crippen molar-refractivity contribution < 1.29 is 84.7 Å². The van der Waals surface area contributed by atoms with Gasteiger partial charge in [-0.1, -0.05) is 95.1 Å². The fourth-order valence-electron chi connectivity index (χ4n) is 6.20. The number of nitrogens with one attached hydrogen (secondary N) is 8. The largest absolute Gasteiger partial charge is 0.508 e. The van der Waals surface area contributed by atoms with Gasteiger partial charge in [0.25, 0.3) is 35.7 Å². The highest BCUT2D eigenvalue weighted by Crippen LogP contribution is 2.23. The van der Waals surface area contributed by atoms with Gasteiger partial charge in [-0.3, -0.25) is 20.6 Å². The number of aliphatic hydroxyl groups is 6. The van der Waals surface area contributed by atoms with E-state index in [1.807, 2.05) is 142 Å². The molecule has 0 aliphatic carbocycles. The van der Waals surface area contributed by atoms with E-state index in [4.69, 9.17) is 40.3 Å². The second-order valence-electron chi connectivity index (χ2n) is 19.5. The molecule has 17 N–H and O–H groups in total.